The molecule has 0 saturated carbocycles. The monoisotopic (exact) mass is 1220 g/mol. The normalized spacial score (nSPS) is 16.6. The van der Waals surface area contributed by atoms with Gasteiger partial charge in [0.1, 0.15) is 22.6 Å². The van der Waals surface area contributed by atoms with Crippen molar-refractivity contribution in [3.8, 4) is 0 Å². The van der Waals surface area contributed by atoms with Crippen molar-refractivity contribution in [3.05, 3.63) is 117 Å². The van der Waals surface area contributed by atoms with Gasteiger partial charge in [-0.15, -0.1) is 0 Å². The summed E-state index contributed by atoms with van der Waals surface area (Å²) in [4.78, 5) is 35.8. The van der Waals surface area contributed by atoms with Crippen molar-refractivity contribution in [1.29, 1.82) is 0 Å². The molecule has 14 nitrogen and oxygen atoms in total. The van der Waals surface area contributed by atoms with Gasteiger partial charge >= 0.3 is 8.88 Å². The predicted octanol–water partition coefficient (Wildman–Crippen LogP) is 11.9. The van der Waals surface area contributed by atoms with Gasteiger partial charge in [-0.2, -0.15) is 0 Å². The molecule has 6 bridgehead atoms. The fourth-order valence-corrected chi connectivity index (χ4v) is 31.1. The zero-order valence-corrected chi connectivity index (χ0v) is 55.1. The van der Waals surface area contributed by atoms with Gasteiger partial charge in [0.2, 0.25) is 0 Å². The Hall–Kier alpha value is -4.59. The molecule has 0 amide bonds. The summed E-state index contributed by atoms with van der Waals surface area (Å²) in [5.74, 6) is 5.47. The molecule has 0 fully saturated rings. The Balaban J connectivity index is 1.55. The van der Waals surface area contributed by atoms with Gasteiger partial charge in [0.05, 0.1) is 31.4 Å². The molecular formula is C60H78N8O6S4Si3. The third kappa shape index (κ3) is 10.6. The average molecular weight is 1220 g/mol. The van der Waals surface area contributed by atoms with E-state index < -0.39 is 68.7 Å². The Morgan fingerprint density at radius 1 is 0.457 bits per heavy atom. The second kappa shape index (κ2) is 24.9. The van der Waals surface area contributed by atoms with Crippen molar-refractivity contribution < 1.29 is 25.1 Å². The zero-order valence-electron chi connectivity index (χ0n) is 48.8. The molecule has 0 saturated heterocycles. The number of hydrogen-bond acceptors (Lipinski definition) is 12. The van der Waals surface area contributed by atoms with Crippen LogP contribution >= 0.6 is 0 Å². The van der Waals surface area contributed by atoms with Crippen LogP contribution in [0.15, 0.2) is 113 Å². The first-order valence-electron chi connectivity index (χ1n) is 29.5. The van der Waals surface area contributed by atoms with Crippen molar-refractivity contribution in [3.63, 3.8) is 0 Å². The summed E-state index contributed by atoms with van der Waals surface area (Å²) < 4.78 is 78.8. The molecule has 6 heterocycles. The van der Waals surface area contributed by atoms with Gasteiger partial charge in [0, 0.05) is 99.9 Å². The van der Waals surface area contributed by atoms with Crippen molar-refractivity contribution in [2.45, 2.75) is 154 Å². The first-order valence-corrected chi connectivity index (χ1v) is 41.9. The molecule has 4 unspecified atom stereocenters. The molecular weight excluding hydrogens is 1140 g/mol. The van der Waals surface area contributed by atoms with Gasteiger partial charge in [0.25, 0.3) is 0 Å². The largest absolute Gasteiger partial charge is 0.582 e. The third-order valence-electron chi connectivity index (χ3n) is 17.2. The van der Waals surface area contributed by atoms with Gasteiger partial charge in [0.15, 0.2) is 40.0 Å². The first kappa shape index (κ1) is 59.6. The minimum Gasteiger partial charge on any atom is -0.404 e. The fourth-order valence-electron chi connectivity index (χ4n) is 11.9. The SMILES string of the molecule is CCCCS(=O)c1cccc2c1C1=Nc3c4cccc(S(=O)CCCC)c4c4n3[Si](O[Si](CC)(CC)CC)(O[Si](CC)(CC)CC)n3c(c5cccc(CCS(=O)CC)c5c3=NC2=N1)=NC1=NC(=N4)c2cccc(CCS(=O)CC)c21. The summed E-state index contributed by atoms with van der Waals surface area (Å²) in [7, 11) is -15.5. The van der Waals surface area contributed by atoms with Crippen LogP contribution in [0.2, 0.25) is 36.3 Å². The molecule has 0 spiro atoms. The van der Waals surface area contributed by atoms with Crippen LogP contribution < -0.4 is 11.0 Å². The summed E-state index contributed by atoms with van der Waals surface area (Å²) >= 11 is 0. The van der Waals surface area contributed by atoms with E-state index in [1.54, 1.807) is 0 Å². The van der Waals surface area contributed by atoms with E-state index in [1.165, 1.54) is 0 Å². The Labute approximate surface area is 490 Å². The number of aliphatic imine (C=N–C) groups is 4. The van der Waals surface area contributed by atoms with Crippen LogP contribution in [0, 0.1) is 0 Å². The first-order chi connectivity index (χ1) is 39.3. The van der Waals surface area contributed by atoms with Crippen LogP contribution in [0.5, 0.6) is 0 Å². The molecule has 430 valence electrons. The molecule has 6 aromatic rings. The number of aromatic nitrogens is 2. The van der Waals surface area contributed by atoms with Crippen LogP contribution in [-0.4, -0.2) is 109 Å². The van der Waals surface area contributed by atoms with E-state index in [2.05, 4.69) is 94.2 Å². The second-order valence-electron chi connectivity index (χ2n) is 21.4. The molecule has 0 aliphatic carbocycles. The van der Waals surface area contributed by atoms with Gasteiger partial charge in [-0.25, -0.2) is 30.0 Å². The lowest BCUT2D eigenvalue weighted by Crippen LogP contribution is -2.71. The van der Waals surface area contributed by atoms with E-state index in [0.717, 1.165) is 95.0 Å². The summed E-state index contributed by atoms with van der Waals surface area (Å²) in [6, 6.07) is 29.0. The number of nitrogens with zero attached hydrogens (tertiary/aromatic N) is 8. The highest BCUT2D eigenvalue weighted by molar-refractivity contribution is 7.85. The third-order valence-corrected chi connectivity index (χ3v) is 38.0. The Kier molecular flexibility index (Phi) is 18.3. The molecule has 2 aromatic heterocycles. The Bertz CT molecular complexity index is 3790. The predicted molar refractivity (Wildman–Crippen MR) is 345 cm³/mol. The van der Waals surface area contributed by atoms with Crippen LogP contribution in [0.4, 0.5) is 11.6 Å². The number of fused-ring (bicyclic) bond motifs is 14. The maximum atomic E-state index is 15.3. The van der Waals surface area contributed by atoms with Gasteiger partial charge < -0.3 is 8.23 Å². The number of unbranched alkanes of at least 4 members (excludes halogenated alkanes) is 2. The van der Waals surface area contributed by atoms with Crippen LogP contribution in [-0.2, 0) is 64.3 Å². The van der Waals surface area contributed by atoms with Crippen molar-refractivity contribution in [2.24, 2.45) is 30.0 Å². The highest BCUT2D eigenvalue weighted by Gasteiger charge is 2.60. The summed E-state index contributed by atoms with van der Waals surface area (Å²) in [6.07, 6.45) is 4.29. The Morgan fingerprint density at radius 3 is 1.56 bits per heavy atom. The van der Waals surface area contributed by atoms with E-state index in [-0.39, 0.29) is 0 Å². The molecule has 4 aliphatic rings. The van der Waals surface area contributed by atoms with E-state index in [9.17, 15) is 12.6 Å². The van der Waals surface area contributed by atoms with Crippen molar-refractivity contribution >= 4 is 125 Å². The summed E-state index contributed by atoms with van der Waals surface area (Å²) in [6.45, 7) is 21.6. The standard InChI is InChI=1S/C60H78N8O6S4Si3/c1-11-21-37-77(71)47-33-25-30-44-51(47)56-62-54(44)63-59-50-42(36-40-76(70)14-4)28-24-31-45(50)57-65-55-49-41(35-39-75(69)13-3)27-23-29-43(49)53(61-55)64-60-52-46(32-26-34-48(52)78(72)38-22-12-2)58(66-56)68(60)81(67(57)59,73-79(15-5,16-6)17-7)74-80(18-8,19-9)20-10/h23-34H,11-22,35-40H2,1-10H3. The lowest BCUT2D eigenvalue weighted by Gasteiger charge is -2.45. The van der Waals surface area contributed by atoms with Gasteiger partial charge in [-0.05, 0) is 85.2 Å². The number of rotatable bonds is 26. The van der Waals surface area contributed by atoms with Crippen molar-refractivity contribution in [2.75, 3.05) is 34.5 Å². The highest BCUT2D eigenvalue weighted by atomic mass is 32.2. The van der Waals surface area contributed by atoms with Crippen LogP contribution in [0.1, 0.15) is 128 Å². The average Bonchev–Trinajstić information content (AvgIpc) is 1.98. The lowest BCUT2D eigenvalue weighted by atomic mass is 9.99. The van der Waals surface area contributed by atoms with Gasteiger partial charge in [-0.1, -0.05) is 143 Å². The maximum absolute atomic E-state index is 15.3. The topological polar surface area (TPSA) is 171 Å². The minimum absolute atomic E-state index is 0.361. The zero-order chi connectivity index (χ0) is 57.4. The minimum atomic E-state index is -4.68. The second-order valence-corrected chi connectivity index (χ2v) is 40.8. The summed E-state index contributed by atoms with van der Waals surface area (Å²) in [5.41, 5.74) is 5.93. The number of benzene rings is 4. The summed E-state index contributed by atoms with van der Waals surface area (Å²) in [5, 5.41) is 2.97. The van der Waals surface area contributed by atoms with E-state index in [4.69, 9.17) is 38.2 Å². The fraction of sp³-hybridized carbons (Fsp3) is 0.467. The smallest absolute Gasteiger partial charge is 0.404 e. The Morgan fingerprint density at radius 2 is 0.938 bits per heavy atom. The van der Waals surface area contributed by atoms with Gasteiger partial charge in [-0.3, -0.25) is 25.3 Å². The lowest BCUT2D eigenvalue weighted by molar-refractivity contribution is 0.326. The molecule has 4 aromatic carbocycles. The molecule has 21 heteroatoms. The highest BCUT2D eigenvalue weighted by Crippen LogP contribution is 2.48. The number of hydrogen-bond donors (Lipinski definition) is 0. The van der Waals surface area contributed by atoms with E-state index in [0.29, 0.717) is 125 Å². The van der Waals surface area contributed by atoms with Crippen LogP contribution in [0.3, 0.4) is 0 Å². The number of aryl methyl sites for hydroxylation is 2. The quantitative estimate of drug-likeness (QED) is 0.0489. The molecule has 0 radical (unpaired) electrons. The van der Waals surface area contributed by atoms with Crippen LogP contribution in [0.25, 0.3) is 21.5 Å². The molecule has 10 rings (SSSR count). The van der Waals surface area contributed by atoms with Crippen molar-refractivity contribution in [1.82, 2.24) is 8.47 Å². The molecule has 4 atom stereocenters. The molecule has 0 N–H and O–H groups in total. The molecule has 81 heavy (non-hydrogen) atoms. The molecule has 4 aliphatic heterocycles. The maximum Gasteiger partial charge on any atom is 0.582 e. The van der Waals surface area contributed by atoms with E-state index >= 15 is 4.21 Å². The van der Waals surface area contributed by atoms with E-state index in [1.807, 2.05) is 56.3 Å². The number of amidine groups is 4.